The van der Waals surface area contributed by atoms with E-state index in [-0.39, 0.29) is 56.4 Å². The number of aromatic nitrogens is 1. The number of aliphatic hydroxyl groups excluding tert-OH is 3. The van der Waals surface area contributed by atoms with Crippen molar-refractivity contribution in [1.29, 1.82) is 0 Å². The number of rotatable bonds is 47. The number of aliphatic carboxylic acids is 1. The molecule has 113 heavy (non-hydrogen) atoms. The number of nitrogens with two attached hydrogens (primary N) is 2. The van der Waals surface area contributed by atoms with Crippen molar-refractivity contribution < 1.29 is 112 Å². The Morgan fingerprint density at radius 3 is 1.51 bits per heavy atom. The summed E-state index contributed by atoms with van der Waals surface area (Å²) in [7, 11) is 0. The second-order valence-corrected chi connectivity index (χ2v) is 28.2. The lowest BCUT2D eigenvalue weighted by Gasteiger charge is -2.27. The van der Waals surface area contributed by atoms with Gasteiger partial charge in [-0.3, -0.25) is 86.3 Å². The predicted octanol–water partition coefficient (Wildman–Crippen LogP) is -10.1. The number of fused-ring (bicyclic) bond motifs is 1. The molecule has 14 atom stereocenters. The van der Waals surface area contributed by atoms with Gasteiger partial charge in [0.2, 0.25) is 106 Å². The average molecular weight is 1620 g/mol. The highest BCUT2D eigenvalue weighted by Gasteiger charge is 2.39. The maximum atomic E-state index is 14.0. The van der Waals surface area contributed by atoms with E-state index in [0.717, 1.165) is 17.3 Å². The van der Waals surface area contributed by atoms with Gasteiger partial charge in [-0.2, -0.15) is 12.6 Å². The fourth-order valence-electron chi connectivity index (χ4n) is 11.6. The number of hydrogen-bond donors (Lipinski definition) is 24. The van der Waals surface area contributed by atoms with Crippen LogP contribution >= 0.6 is 12.6 Å². The van der Waals surface area contributed by atoms with Crippen LogP contribution in [-0.2, 0) is 97.5 Å². The Kier molecular flexibility index (Phi) is 38.9. The second-order valence-electron chi connectivity index (χ2n) is 27.8. The fourth-order valence-corrected chi connectivity index (χ4v) is 11.9. The van der Waals surface area contributed by atoms with Crippen molar-refractivity contribution >= 4 is 136 Å². The van der Waals surface area contributed by atoms with E-state index in [1.807, 2.05) is 29.6 Å². The van der Waals surface area contributed by atoms with Crippen LogP contribution in [0, 0.1) is 11.8 Å². The van der Waals surface area contributed by atoms with Gasteiger partial charge in [-0.25, -0.2) is 4.79 Å². The fraction of sp³-hybridized carbons (Fsp3) is 0.609. The van der Waals surface area contributed by atoms with E-state index in [9.17, 15) is 112 Å². The molecule has 0 aliphatic carbocycles. The summed E-state index contributed by atoms with van der Waals surface area (Å²) in [5.41, 5.74) is 11.8. The molecule has 25 N–H and O–H groups in total. The lowest BCUT2D eigenvalue weighted by molar-refractivity contribution is -0.143. The van der Waals surface area contributed by atoms with E-state index in [2.05, 4.69) is 97.4 Å². The highest BCUT2D eigenvalue weighted by atomic mass is 32.1. The molecule has 18 amide bonds. The third-order valence-corrected chi connectivity index (χ3v) is 18.4. The quantitative estimate of drug-likeness (QED) is 0.0274. The molecule has 626 valence electrons. The van der Waals surface area contributed by atoms with Gasteiger partial charge >= 0.3 is 5.97 Å². The molecule has 2 saturated heterocycles. The first kappa shape index (κ1) is 94.3. The molecule has 1 aromatic carbocycles. The molecule has 0 saturated carbocycles. The third-order valence-electron chi connectivity index (χ3n) is 18.0. The molecule has 3 heterocycles. The maximum Gasteiger partial charge on any atom is 0.326 e. The number of benzene rings is 1. The van der Waals surface area contributed by atoms with Crippen molar-refractivity contribution in [3.05, 3.63) is 36.0 Å². The summed E-state index contributed by atoms with van der Waals surface area (Å²) < 4.78 is 0. The summed E-state index contributed by atoms with van der Waals surface area (Å²) >= 11 is 4.07. The minimum absolute atomic E-state index is 0.00587. The van der Waals surface area contributed by atoms with E-state index < -0.39 is 249 Å². The molecule has 0 radical (unpaired) electrons. The Bertz CT molecular complexity index is 3760. The average Bonchev–Trinajstić information content (AvgIpc) is 1.70. The third kappa shape index (κ3) is 30.8. The van der Waals surface area contributed by atoms with Crippen LogP contribution in [0.4, 0.5) is 0 Å². The molecular weight excluding hydrogens is 1510 g/mol. The van der Waals surface area contributed by atoms with Gasteiger partial charge in [0.05, 0.1) is 45.5 Å². The number of hydrogen-bond acceptors (Lipinski definition) is 24. The lowest BCUT2D eigenvalue weighted by atomic mass is 10.00. The van der Waals surface area contributed by atoms with E-state index in [1.54, 1.807) is 33.9 Å². The number of carboxylic acid groups (broad SMARTS) is 1. The van der Waals surface area contributed by atoms with Crippen molar-refractivity contribution in [2.45, 2.75) is 197 Å². The lowest BCUT2D eigenvalue weighted by Crippen LogP contribution is -2.60. The van der Waals surface area contributed by atoms with Crippen LogP contribution in [0.15, 0.2) is 30.5 Å². The summed E-state index contributed by atoms with van der Waals surface area (Å²) in [4.78, 5) is 253. The number of aliphatic hydroxyl groups is 3. The number of likely N-dealkylation sites (tertiary alicyclic amines) is 1. The van der Waals surface area contributed by atoms with Crippen LogP contribution in [0.5, 0.6) is 0 Å². The zero-order chi connectivity index (χ0) is 84.5. The molecular formula is C69H106N20O23S. The SMILES string of the molecule is CC(C)C[C@H](NC(=O)[C@H](CS)NC(=O)[C@H](CO)NC(=O)[C@H](CO)NC(=O)CNC(=O)[C@H](CO)NC(=O)[C@H](CCC(N)=O)NC(=O)CNC(=O)[C@H](C)NC(=O)[C@H](C)NC(=O)[C@H](C)NC(=O)[C@@H]1CCCN1C(=O)CNC(=O)[C@H](Cc1c[nH]c2ccccc12)NC(=O)[C@@H](NC(=O)[C@@H]1CCCN1)C(C)C)C(=O)N[C@@H](CCC(N)=O)C(=O)O. The van der Waals surface area contributed by atoms with Crippen molar-refractivity contribution in [2.75, 3.05) is 58.3 Å². The monoisotopic (exact) mass is 1610 g/mol. The maximum absolute atomic E-state index is 14.0. The first-order valence-electron chi connectivity index (χ1n) is 36.6. The number of carboxylic acids is 1. The molecule has 2 aliphatic heterocycles. The standard InChI is InChI=1S/C69H106N20O23S/c1-32(2)22-43(63(105)82-42(69(111)112)17-19-51(71)94)83-66(108)48(31-113)87-65(107)47(30-92)86-64(106)46(29-91)81-53(96)26-75-60(102)45(28-90)85-62(104)41(16-18-50(70)93)80-52(95)25-74-56(98)34(5)77-57(99)35(6)78-58(100)36(7)79-67(109)49-15-11-21-89(49)54(97)27-76-59(101)44(23-37-24-73-39-13-9-8-12-38(37)39)84-68(110)55(33(3)4)88-61(103)40-14-10-20-72-40/h8-9,12-13,24,32-36,40-49,55,72-73,90-92,113H,10-11,14-23,25-31H2,1-7H3,(H2,70,93)(H2,71,94)(H,74,98)(H,75,102)(H,76,101)(H,77,99)(H,78,100)(H,79,109)(H,80,95)(H,81,96)(H,82,105)(H,83,108)(H,84,110)(H,85,104)(H,86,106)(H,87,107)(H,88,103)(H,111,112)/t34-,35-,36-,40-,41-,42-,43-,44-,45-,46-,47-,48-,49-,55-/m0/s1. The molecule has 1 aromatic heterocycles. The van der Waals surface area contributed by atoms with Crippen molar-refractivity contribution in [3.63, 3.8) is 0 Å². The Hall–Kier alpha value is -11.1. The van der Waals surface area contributed by atoms with E-state index >= 15 is 0 Å². The first-order chi connectivity index (χ1) is 53.3. The van der Waals surface area contributed by atoms with Crippen molar-refractivity contribution in [2.24, 2.45) is 23.3 Å². The zero-order valence-electron chi connectivity index (χ0n) is 63.7. The van der Waals surface area contributed by atoms with E-state index in [1.165, 1.54) is 25.7 Å². The van der Waals surface area contributed by atoms with Crippen molar-refractivity contribution in [3.8, 4) is 0 Å². The molecule has 2 aliphatic rings. The number of nitrogens with one attached hydrogen (secondary N) is 17. The number of aromatic amines is 1. The Labute approximate surface area is 654 Å². The molecule has 44 heteroatoms. The summed E-state index contributed by atoms with van der Waals surface area (Å²) in [6.45, 7) is 5.55. The summed E-state index contributed by atoms with van der Waals surface area (Å²) in [6, 6.07) is -12.3. The molecule has 2 aromatic rings. The molecule has 0 spiro atoms. The number of thiol groups is 1. The van der Waals surface area contributed by atoms with Gasteiger partial charge in [0.15, 0.2) is 0 Å². The summed E-state index contributed by atoms with van der Waals surface area (Å²) in [6.07, 6.45) is 1.84. The summed E-state index contributed by atoms with van der Waals surface area (Å²) in [5, 5.41) is 78.6. The normalized spacial score (nSPS) is 17.0. The Morgan fingerprint density at radius 2 is 0.965 bits per heavy atom. The van der Waals surface area contributed by atoms with E-state index in [4.69, 9.17) is 11.5 Å². The van der Waals surface area contributed by atoms with Gasteiger partial charge in [0.25, 0.3) is 0 Å². The number of amides is 18. The molecule has 43 nitrogen and oxygen atoms in total. The van der Waals surface area contributed by atoms with Gasteiger partial charge < -0.3 is 127 Å². The van der Waals surface area contributed by atoms with Crippen LogP contribution in [0.3, 0.4) is 0 Å². The van der Waals surface area contributed by atoms with Gasteiger partial charge in [0, 0.05) is 48.7 Å². The first-order valence-corrected chi connectivity index (χ1v) is 37.2. The second kappa shape index (κ2) is 46.6. The van der Waals surface area contributed by atoms with Gasteiger partial charge in [-0.1, -0.05) is 45.9 Å². The van der Waals surface area contributed by atoms with Crippen LogP contribution in [-0.4, -0.2) is 285 Å². The Morgan fingerprint density at radius 1 is 0.496 bits per heavy atom. The minimum Gasteiger partial charge on any atom is -0.480 e. The van der Waals surface area contributed by atoms with E-state index in [0.29, 0.717) is 24.9 Å². The van der Waals surface area contributed by atoms with Gasteiger partial charge in [0.1, 0.15) is 78.5 Å². The molecule has 4 rings (SSSR count). The smallest absolute Gasteiger partial charge is 0.326 e. The number of H-pyrrole nitrogens is 1. The predicted molar refractivity (Wildman–Crippen MR) is 401 cm³/mol. The molecule has 0 bridgehead atoms. The molecule has 0 unspecified atom stereocenters. The highest BCUT2D eigenvalue weighted by Crippen LogP contribution is 2.21. The Balaban J connectivity index is 1.24. The number of carbonyl (C=O) groups is 19. The van der Waals surface area contributed by atoms with Crippen LogP contribution < -0.4 is 96.5 Å². The molecule has 2 fully saturated rings. The topological polar surface area (TPSA) is 669 Å². The largest absolute Gasteiger partial charge is 0.480 e. The van der Waals surface area contributed by atoms with Gasteiger partial charge in [-0.05, 0) is 95.7 Å². The number of primary amides is 2. The number of nitrogens with zero attached hydrogens (tertiary/aromatic N) is 1. The highest BCUT2D eigenvalue weighted by molar-refractivity contribution is 7.80. The van der Waals surface area contributed by atoms with Crippen LogP contribution in [0.1, 0.15) is 112 Å². The summed E-state index contributed by atoms with van der Waals surface area (Å²) in [5.74, 6) is -19.3. The van der Waals surface area contributed by atoms with Gasteiger partial charge in [-0.15, -0.1) is 0 Å². The van der Waals surface area contributed by atoms with Crippen LogP contribution in [0.25, 0.3) is 10.9 Å². The van der Waals surface area contributed by atoms with Crippen molar-refractivity contribution in [1.82, 2.24) is 95.0 Å². The minimum atomic E-state index is -1.88. The van der Waals surface area contributed by atoms with Crippen LogP contribution in [0.2, 0.25) is 0 Å². The zero-order valence-corrected chi connectivity index (χ0v) is 64.5. The number of carbonyl (C=O) groups excluding carboxylic acids is 18. The number of para-hydroxylation sites is 1.